The summed E-state index contributed by atoms with van der Waals surface area (Å²) in [6.45, 7) is 1.61. The number of benzene rings is 1. The first-order chi connectivity index (χ1) is 6.10. The van der Waals surface area contributed by atoms with E-state index in [0.29, 0.717) is 11.1 Å². The zero-order chi connectivity index (χ0) is 9.90. The van der Waals surface area contributed by atoms with Gasteiger partial charge in [0, 0.05) is 0 Å². The van der Waals surface area contributed by atoms with E-state index in [4.69, 9.17) is 16.3 Å². The Labute approximate surface area is 77.0 Å². The Morgan fingerprint density at radius 2 is 2.08 bits per heavy atom. The third-order valence-electron chi connectivity index (χ3n) is 1.82. The zero-order valence-corrected chi connectivity index (χ0v) is 7.28. The standard InChI is InChI=1S/C10H9N3/c1-10(13,7-12)9-4-2-3-8(5-9)6-11/h2-5H,13H2,1H3/t10-/m0/s1. The molecule has 3 nitrogen and oxygen atoms in total. The first-order valence-electron chi connectivity index (χ1n) is 3.81. The van der Waals surface area contributed by atoms with Crippen LogP contribution in [-0.4, -0.2) is 0 Å². The number of hydrogen-bond acceptors (Lipinski definition) is 3. The Morgan fingerprint density at radius 1 is 1.38 bits per heavy atom. The van der Waals surface area contributed by atoms with Crippen LogP contribution in [-0.2, 0) is 5.54 Å². The quantitative estimate of drug-likeness (QED) is 0.691. The van der Waals surface area contributed by atoms with Gasteiger partial charge in [-0.15, -0.1) is 0 Å². The van der Waals surface area contributed by atoms with Crippen LogP contribution < -0.4 is 5.73 Å². The Kier molecular flexibility index (Phi) is 2.32. The second-order valence-electron chi connectivity index (χ2n) is 3.01. The Bertz CT molecular complexity index is 393. The highest BCUT2D eigenvalue weighted by molar-refractivity contribution is 5.38. The molecule has 0 radical (unpaired) electrons. The van der Waals surface area contributed by atoms with E-state index in [1.807, 2.05) is 12.1 Å². The van der Waals surface area contributed by atoms with Crippen LogP contribution >= 0.6 is 0 Å². The smallest absolute Gasteiger partial charge is 0.127 e. The molecule has 2 N–H and O–H groups in total. The molecule has 0 aliphatic rings. The van der Waals surface area contributed by atoms with Crippen LogP contribution in [0.4, 0.5) is 0 Å². The van der Waals surface area contributed by atoms with Gasteiger partial charge < -0.3 is 5.73 Å². The molecule has 64 valence electrons. The van der Waals surface area contributed by atoms with Crippen molar-refractivity contribution in [1.29, 1.82) is 10.5 Å². The lowest BCUT2D eigenvalue weighted by molar-refractivity contribution is 0.646. The first kappa shape index (κ1) is 9.25. The van der Waals surface area contributed by atoms with Crippen molar-refractivity contribution in [3.8, 4) is 12.1 Å². The summed E-state index contributed by atoms with van der Waals surface area (Å²) in [4.78, 5) is 0. The van der Waals surface area contributed by atoms with Crippen molar-refractivity contribution in [3.63, 3.8) is 0 Å². The fourth-order valence-corrected chi connectivity index (χ4v) is 0.976. The zero-order valence-electron chi connectivity index (χ0n) is 7.28. The van der Waals surface area contributed by atoms with E-state index in [1.54, 1.807) is 31.2 Å². The summed E-state index contributed by atoms with van der Waals surface area (Å²) < 4.78 is 0. The van der Waals surface area contributed by atoms with E-state index in [2.05, 4.69) is 0 Å². The number of nitriles is 2. The van der Waals surface area contributed by atoms with Crippen LogP contribution in [0.5, 0.6) is 0 Å². The molecular formula is C10H9N3. The summed E-state index contributed by atoms with van der Waals surface area (Å²) in [5, 5.41) is 17.4. The average molecular weight is 171 g/mol. The maximum absolute atomic E-state index is 8.75. The van der Waals surface area contributed by atoms with Crippen molar-refractivity contribution in [2.75, 3.05) is 0 Å². The molecule has 3 heteroatoms. The average Bonchev–Trinajstić information content (AvgIpc) is 2.18. The molecule has 0 heterocycles. The van der Waals surface area contributed by atoms with Gasteiger partial charge in [-0.1, -0.05) is 12.1 Å². The molecular weight excluding hydrogens is 162 g/mol. The molecule has 0 unspecified atom stereocenters. The summed E-state index contributed by atoms with van der Waals surface area (Å²) in [6, 6.07) is 10.7. The van der Waals surface area contributed by atoms with Crippen LogP contribution in [0, 0.1) is 22.7 Å². The summed E-state index contributed by atoms with van der Waals surface area (Å²) in [6.07, 6.45) is 0. The van der Waals surface area contributed by atoms with E-state index in [1.165, 1.54) is 0 Å². The van der Waals surface area contributed by atoms with Gasteiger partial charge in [0.2, 0.25) is 0 Å². The van der Waals surface area contributed by atoms with Gasteiger partial charge in [-0.05, 0) is 24.6 Å². The molecule has 0 saturated carbocycles. The minimum absolute atomic E-state index is 0.518. The van der Waals surface area contributed by atoms with Crippen molar-refractivity contribution in [2.24, 2.45) is 5.73 Å². The number of nitrogens with zero attached hydrogens (tertiary/aromatic N) is 2. The molecule has 1 aromatic carbocycles. The fourth-order valence-electron chi connectivity index (χ4n) is 0.976. The van der Waals surface area contributed by atoms with Gasteiger partial charge in [-0.25, -0.2) is 0 Å². The van der Waals surface area contributed by atoms with E-state index in [-0.39, 0.29) is 0 Å². The molecule has 0 bridgehead atoms. The fraction of sp³-hybridized carbons (Fsp3) is 0.200. The maximum Gasteiger partial charge on any atom is 0.127 e. The van der Waals surface area contributed by atoms with E-state index >= 15 is 0 Å². The molecule has 1 rings (SSSR count). The molecule has 0 spiro atoms. The van der Waals surface area contributed by atoms with E-state index < -0.39 is 5.54 Å². The lowest BCUT2D eigenvalue weighted by atomic mass is 9.94. The normalized spacial score (nSPS) is 13.8. The summed E-state index contributed by atoms with van der Waals surface area (Å²) in [5.74, 6) is 0. The van der Waals surface area contributed by atoms with Crippen LogP contribution in [0.1, 0.15) is 18.1 Å². The van der Waals surface area contributed by atoms with Crippen molar-refractivity contribution in [3.05, 3.63) is 35.4 Å². The van der Waals surface area contributed by atoms with Gasteiger partial charge in [0.1, 0.15) is 5.54 Å². The van der Waals surface area contributed by atoms with Gasteiger partial charge in [0.05, 0.1) is 17.7 Å². The third kappa shape index (κ3) is 1.84. The van der Waals surface area contributed by atoms with Crippen molar-refractivity contribution in [2.45, 2.75) is 12.5 Å². The molecule has 0 aliphatic carbocycles. The number of hydrogen-bond donors (Lipinski definition) is 1. The van der Waals surface area contributed by atoms with Crippen LogP contribution in [0.15, 0.2) is 24.3 Å². The Balaban J connectivity index is 3.20. The predicted octanol–water partition coefficient (Wildman–Crippen LogP) is 1.26. The molecule has 1 atom stereocenters. The highest BCUT2D eigenvalue weighted by Crippen LogP contribution is 2.17. The molecule has 1 aromatic rings. The topological polar surface area (TPSA) is 73.6 Å². The van der Waals surface area contributed by atoms with Crippen molar-refractivity contribution in [1.82, 2.24) is 0 Å². The number of nitrogens with two attached hydrogens (primary N) is 1. The molecule has 0 saturated heterocycles. The maximum atomic E-state index is 8.75. The molecule has 0 aliphatic heterocycles. The van der Waals surface area contributed by atoms with E-state index in [9.17, 15) is 0 Å². The first-order valence-corrected chi connectivity index (χ1v) is 3.81. The van der Waals surface area contributed by atoms with Crippen LogP contribution in [0.25, 0.3) is 0 Å². The van der Waals surface area contributed by atoms with Gasteiger partial charge in [-0.2, -0.15) is 10.5 Å². The lowest BCUT2D eigenvalue weighted by Gasteiger charge is -2.15. The summed E-state index contributed by atoms with van der Waals surface area (Å²) in [7, 11) is 0. The Morgan fingerprint density at radius 3 is 2.62 bits per heavy atom. The highest BCUT2D eigenvalue weighted by atomic mass is 14.7. The van der Waals surface area contributed by atoms with Crippen LogP contribution in [0.3, 0.4) is 0 Å². The molecule has 0 amide bonds. The Hall–Kier alpha value is -1.84. The van der Waals surface area contributed by atoms with Gasteiger partial charge in [0.15, 0.2) is 0 Å². The minimum Gasteiger partial charge on any atom is -0.310 e. The van der Waals surface area contributed by atoms with Gasteiger partial charge >= 0.3 is 0 Å². The minimum atomic E-state index is -1.02. The molecule has 0 fully saturated rings. The predicted molar refractivity (Wildman–Crippen MR) is 48.3 cm³/mol. The lowest BCUT2D eigenvalue weighted by Crippen LogP contribution is -2.30. The monoisotopic (exact) mass is 171 g/mol. The second kappa shape index (κ2) is 3.26. The summed E-state index contributed by atoms with van der Waals surface area (Å²) >= 11 is 0. The third-order valence-corrected chi connectivity index (χ3v) is 1.82. The summed E-state index contributed by atoms with van der Waals surface area (Å²) in [5.41, 5.74) is 5.85. The van der Waals surface area contributed by atoms with E-state index in [0.717, 1.165) is 0 Å². The van der Waals surface area contributed by atoms with Crippen molar-refractivity contribution < 1.29 is 0 Å². The SMILES string of the molecule is C[C@](N)(C#N)c1cccc(C#N)c1. The second-order valence-corrected chi connectivity index (χ2v) is 3.01. The molecule has 0 aromatic heterocycles. The number of rotatable bonds is 1. The highest BCUT2D eigenvalue weighted by Gasteiger charge is 2.19. The van der Waals surface area contributed by atoms with Gasteiger partial charge in [0.25, 0.3) is 0 Å². The van der Waals surface area contributed by atoms with Crippen LogP contribution in [0.2, 0.25) is 0 Å². The van der Waals surface area contributed by atoms with Crippen molar-refractivity contribution >= 4 is 0 Å². The molecule has 13 heavy (non-hydrogen) atoms. The largest absolute Gasteiger partial charge is 0.310 e. The van der Waals surface area contributed by atoms with Gasteiger partial charge in [-0.3, -0.25) is 0 Å².